The first-order valence-corrected chi connectivity index (χ1v) is 7.40. The highest BCUT2D eigenvalue weighted by atomic mass is 16.2. The topological polar surface area (TPSA) is 69.8 Å². The van der Waals surface area contributed by atoms with Crippen molar-refractivity contribution in [3.8, 4) is 0 Å². The van der Waals surface area contributed by atoms with Crippen LogP contribution in [0, 0.1) is 5.92 Å². The van der Waals surface area contributed by atoms with Crippen molar-refractivity contribution < 1.29 is 4.79 Å². The molecule has 0 radical (unpaired) electrons. The van der Waals surface area contributed by atoms with Crippen LogP contribution in [0.2, 0.25) is 0 Å². The van der Waals surface area contributed by atoms with Crippen LogP contribution >= 0.6 is 0 Å². The molecule has 1 aromatic heterocycles. The third-order valence-corrected chi connectivity index (χ3v) is 5.00. The van der Waals surface area contributed by atoms with Crippen LogP contribution < -0.4 is 10.6 Å². The Labute approximate surface area is 112 Å². The quantitative estimate of drug-likeness (QED) is 0.744. The molecule has 102 valence electrons. The molecule has 3 N–H and O–H groups in total. The van der Waals surface area contributed by atoms with E-state index < -0.39 is 0 Å². The van der Waals surface area contributed by atoms with E-state index in [1.165, 1.54) is 17.7 Å². The van der Waals surface area contributed by atoms with Crippen molar-refractivity contribution in [1.29, 1.82) is 0 Å². The first kappa shape index (κ1) is 11.5. The number of hydrogen-bond acceptors (Lipinski definition) is 3. The zero-order chi connectivity index (χ0) is 12.8. The molecule has 2 saturated heterocycles. The Bertz CT molecular complexity index is 497. The summed E-state index contributed by atoms with van der Waals surface area (Å²) in [5.41, 5.74) is 2.39. The average Bonchev–Trinajstić information content (AvgIpc) is 3.14. The van der Waals surface area contributed by atoms with Crippen molar-refractivity contribution in [1.82, 2.24) is 20.8 Å². The fourth-order valence-electron chi connectivity index (χ4n) is 4.00. The van der Waals surface area contributed by atoms with E-state index in [-0.39, 0.29) is 17.9 Å². The number of H-pyrrole nitrogens is 1. The molecule has 4 unspecified atom stereocenters. The Balaban J connectivity index is 1.46. The van der Waals surface area contributed by atoms with Gasteiger partial charge in [-0.25, -0.2) is 0 Å². The smallest absolute Gasteiger partial charge is 0.225 e. The van der Waals surface area contributed by atoms with E-state index in [2.05, 4.69) is 20.8 Å². The molecule has 2 bridgehead atoms. The maximum Gasteiger partial charge on any atom is 0.225 e. The molecule has 1 aromatic rings. The molecule has 2 fully saturated rings. The van der Waals surface area contributed by atoms with Crippen molar-refractivity contribution in [2.75, 3.05) is 0 Å². The second-order valence-electron chi connectivity index (χ2n) is 6.15. The first-order valence-electron chi connectivity index (χ1n) is 7.40. The Morgan fingerprint density at radius 1 is 1.37 bits per heavy atom. The van der Waals surface area contributed by atoms with Crippen molar-refractivity contribution in [2.45, 2.75) is 56.7 Å². The number of carbonyl (C=O) groups excluding carboxylic acids is 1. The van der Waals surface area contributed by atoms with Gasteiger partial charge in [0.25, 0.3) is 0 Å². The monoisotopic (exact) mass is 260 g/mol. The molecular formula is C14H20N4O. The van der Waals surface area contributed by atoms with Crippen molar-refractivity contribution >= 4 is 5.91 Å². The number of aryl methyl sites for hydroxylation is 1. The summed E-state index contributed by atoms with van der Waals surface area (Å²) in [5, 5.41) is 13.9. The lowest BCUT2D eigenvalue weighted by Crippen LogP contribution is -2.40. The van der Waals surface area contributed by atoms with Gasteiger partial charge in [0, 0.05) is 23.3 Å². The molecule has 3 aliphatic rings. The number of amides is 1. The molecule has 2 aliphatic heterocycles. The zero-order valence-corrected chi connectivity index (χ0v) is 11.0. The Kier molecular flexibility index (Phi) is 2.62. The van der Waals surface area contributed by atoms with Gasteiger partial charge < -0.3 is 10.6 Å². The number of aromatic nitrogens is 2. The van der Waals surface area contributed by atoms with Gasteiger partial charge in [0.2, 0.25) is 5.91 Å². The van der Waals surface area contributed by atoms with Gasteiger partial charge in [-0.1, -0.05) is 0 Å². The van der Waals surface area contributed by atoms with E-state index in [1.807, 2.05) is 6.20 Å². The van der Waals surface area contributed by atoms with Crippen molar-refractivity contribution in [2.24, 2.45) is 5.92 Å². The van der Waals surface area contributed by atoms with Crippen LogP contribution in [0.4, 0.5) is 0 Å². The molecule has 4 atom stereocenters. The van der Waals surface area contributed by atoms with E-state index >= 15 is 0 Å². The summed E-state index contributed by atoms with van der Waals surface area (Å²) in [7, 11) is 0. The van der Waals surface area contributed by atoms with Crippen molar-refractivity contribution in [3.63, 3.8) is 0 Å². The Morgan fingerprint density at radius 3 is 3.11 bits per heavy atom. The van der Waals surface area contributed by atoms with Gasteiger partial charge in [-0.3, -0.25) is 9.89 Å². The minimum Gasteiger partial charge on any atom is -0.349 e. The standard InChI is InChI=1S/C14H20N4O/c19-14(9-6-8-4-5-12(9)16-8)17-11-2-1-3-13-10(11)7-15-18-13/h7-9,11-12,16H,1-6H2,(H,15,18)(H,17,19). The highest BCUT2D eigenvalue weighted by Crippen LogP contribution is 2.34. The predicted octanol–water partition coefficient (Wildman–Crippen LogP) is 1.04. The maximum atomic E-state index is 12.5. The van der Waals surface area contributed by atoms with Gasteiger partial charge in [0.15, 0.2) is 0 Å². The minimum absolute atomic E-state index is 0.161. The van der Waals surface area contributed by atoms with E-state index in [4.69, 9.17) is 0 Å². The molecule has 4 rings (SSSR count). The van der Waals surface area contributed by atoms with Crippen LogP contribution in [0.3, 0.4) is 0 Å². The van der Waals surface area contributed by atoms with Crippen LogP contribution in [-0.4, -0.2) is 28.2 Å². The van der Waals surface area contributed by atoms with Crippen LogP contribution in [0.1, 0.15) is 49.4 Å². The predicted molar refractivity (Wildman–Crippen MR) is 70.5 cm³/mol. The highest BCUT2D eigenvalue weighted by Gasteiger charge is 2.43. The molecule has 0 aromatic carbocycles. The molecule has 1 aliphatic carbocycles. The van der Waals surface area contributed by atoms with E-state index in [1.54, 1.807) is 0 Å². The summed E-state index contributed by atoms with van der Waals surface area (Å²) in [6.45, 7) is 0. The third-order valence-electron chi connectivity index (χ3n) is 5.00. The molecule has 3 heterocycles. The number of nitrogens with zero attached hydrogens (tertiary/aromatic N) is 1. The summed E-state index contributed by atoms with van der Waals surface area (Å²) < 4.78 is 0. The minimum atomic E-state index is 0.161. The highest BCUT2D eigenvalue weighted by molar-refractivity contribution is 5.80. The largest absolute Gasteiger partial charge is 0.349 e. The molecule has 5 heteroatoms. The number of hydrogen-bond donors (Lipinski definition) is 3. The number of aromatic amines is 1. The fraction of sp³-hybridized carbons (Fsp3) is 0.714. The van der Waals surface area contributed by atoms with Crippen LogP contribution in [0.5, 0.6) is 0 Å². The normalized spacial score (nSPS) is 36.2. The molecular weight excluding hydrogens is 240 g/mol. The summed E-state index contributed by atoms with van der Waals surface area (Å²) in [4.78, 5) is 12.5. The Hall–Kier alpha value is -1.36. The first-order chi connectivity index (χ1) is 9.31. The lowest BCUT2D eigenvalue weighted by molar-refractivity contribution is -0.126. The second kappa shape index (κ2) is 4.34. The van der Waals surface area contributed by atoms with Crippen molar-refractivity contribution in [3.05, 3.63) is 17.5 Å². The number of nitrogens with one attached hydrogen (secondary N) is 3. The van der Waals surface area contributed by atoms with Gasteiger partial charge in [0.1, 0.15) is 0 Å². The lowest BCUT2D eigenvalue weighted by atomic mass is 9.87. The number of fused-ring (bicyclic) bond motifs is 3. The lowest BCUT2D eigenvalue weighted by Gasteiger charge is -2.26. The summed E-state index contributed by atoms with van der Waals surface area (Å²) in [6.07, 6.45) is 8.49. The van der Waals surface area contributed by atoms with Crippen LogP contribution in [-0.2, 0) is 11.2 Å². The fourth-order valence-corrected chi connectivity index (χ4v) is 4.00. The van der Waals surface area contributed by atoms with Gasteiger partial charge in [-0.15, -0.1) is 0 Å². The van der Waals surface area contributed by atoms with Gasteiger partial charge in [0.05, 0.1) is 18.2 Å². The molecule has 0 spiro atoms. The molecule has 1 amide bonds. The molecule has 19 heavy (non-hydrogen) atoms. The maximum absolute atomic E-state index is 12.5. The average molecular weight is 260 g/mol. The van der Waals surface area contributed by atoms with E-state index in [9.17, 15) is 4.79 Å². The zero-order valence-electron chi connectivity index (χ0n) is 11.0. The molecule has 5 nitrogen and oxygen atoms in total. The van der Waals surface area contributed by atoms with E-state index in [0.717, 1.165) is 32.1 Å². The summed E-state index contributed by atoms with van der Waals surface area (Å²) in [6, 6.07) is 1.16. The third kappa shape index (κ3) is 1.87. The SMILES string of the molecule is O=C(NC1CCCc2[nH]ncc21)C1CC2CCC1N2. The van der Waals surface area contributed by atoms with E-state index in [0.29, 0.717) is 12.1 Å². The van der Waals surface area contributed by atoms with Gasteiger partial charge in [-0.05, 0) is 38.5 Å². The number of rotatable bonds is 2. The van der Waals surface area contributed by atoms with Gasteiger partial charge >= 0.3 is 0 Å². The van der Waals surface area contributed by atoms with Gasteiger partial charge in [-0.2, -0.15) is 5.10 Å². The second-order valence-corrected chi connectivity index (χ2v) is 6.15. The number of carbonyl (C=O) groups is 1. The summed E-state index contributed by atoms with van der Waals surface area (Å²) >= 11 is 0. The summed E-state index contributed by atoms with van der Waals surface area (Å²) in [5.74, 6) is 0.412. The Morgan fingerprint density at radius 2 is 2.32 bits per heavy atom. The van der Waals surface area contributed by atoms with Crippen LogP contribution in [0.25, 0.3) is 0 Å². The molecule has 0 saturated carbocycles. The van der Waals surface area contributed by atoms with Crippen LogP contribution in [0.15, 0.2) is 6.20 Å².